The van der Waals surface area contributed by atoms with E-state index in [2.05, 4.69) is 25.2 Å². The van der Waals surface area contributed by atoms with Gasteiger partial charge in [-0.05, 0) is 30.1 Å². The van der Waals surface area contributed by atoms with Crippen LogP contribution in [0.25, 0.3) is 11.0 Å². The molecular formula is C15H20ClNO. The third-order valence-electron chi connectivity index (χ3n) is 3.54. The lowest BCUT2D eigenvalue weighted by atomic mass is 10.0. The Hall–Kier alpha value is -0.990. The highest BCUT2D eigenvalue weighted by molar-refractivity contribution is 6.30. The topological polar surface area (TPSA) is 25.2 Å². The zero-order chi connectivity index (χ0) is 13.0. The highest BCUT2D eigenvalue weighted by atomic mass is 35.5. The fourth-order valence-corrected chi connectivity index (χ4v) is 2.46. The van der Waals surface area contributed by atoms with Crippen LogP contribution in [-0.4, -0.2) is 6.54 Å². The van der Waals surface area contributed by atoms with Crippen molar-refractivity contribution < 1.29 is 4.42 Å². The van der Waals surface area contributed by atoms with E-state index in [0.717, 1.165) is 35.5 Å². The van der Waals surface area contributed by atoms with E-state index in [4.69, 9.17) is 16.0 Å². The second-order valence-electron chi connectivity index (χ2n) is 4.66. The van der Waals surface area contributed by atoms with Gasteiger partial charge in [0.15, 0.2) is 5.22 Å². The lowest BCUT2D eigenvalue weighted by molar-refractivity contribution is 0.449. The molecule has 1 heterocycles. The first-order valence-electron chi connectivity index (χ1n) is 6.62. The molecule has 2 rings (SSSR count). The van der Waals surface area contributed by atoms with E-state index in [-0.39, 0.29) is 0 Å². The first-order chi connectivity index (χ1) is 8.76. The van der Waals surface area contributed by atoms with Gasteiger partial charge in [0, 0.05) is 17.5 Å². The van der Waals surface area contributed by atoms with Crippen molar-refractivity contribution in [2.45, 2.75) is 33.2 Å². The van der Waals surface area contributed by atoms with Crippen molar-refractivity contribution in [2.75, 3.05) is 6.54 Å². The molecule has 0 aliphatic carbocycles. The zero-order valence-corrected chi connectivity index (χ0v) is 11.8. The van der Waals surface area contributed by atoms with Crippen molar-refractivity contribution in [3.8, 4) is 0 Å². The quantitative estimate of drug-likeness (QED) is 0.825. The maximum atomic E-state index is 6.14. The number of para-hydroxylation sites is 1. The highest BCUT2D eigenvalue weighted by Gasteiger charge is 2.12. The Balaban J connectivity index is 2.05. The number of hydrogen-bond acceptors (Lipinski definition) is 2. The smallest absolute Gasteiger partial charge is 0.199 e. The van der Waals surface area contributed by atoms with Crippen molar-refractivity contribution in [1.29, 1.82) is 0 Å². The average Bonchev–Trinajstić information content (AvgIpc) is 2.71. The molecule has 0 saturated heterocycles. The van der Waals surface area contributed by atoms with Crippen LogP contribution in [0.2, 0.25) is 5.22 Å². The lowest BCUT2D eigenvalue weighted by Crippen LogP contribution is -2.21. The molecule has 2 aromatic rings. The minimum absolute atomic E-state index is 0.508. The second-order valence-corrected chi connectivity index (χ2v) is 5.01. The average molecular weight is 266 g/mol. The summed E-state index contributed by atoms with van der Waals surface area (Å²) in [6, 6.07) is 7.98. The number of hydrogen-bond donors (Lipinski definition) is 1. The van der Waals surface area contributed by atoms with Crippen molar-refractivity contribution in [3.63, 3.8) is 0 Å². The Bertz CT molecular complexity index is 502. The molecule has 1 aromatic carbocycles. The van der Waals surface area contributed by atoms with Gasteiger partial charge < -0.3 is 9.73 Å². The molecule has 3 heteroatoms. The summed E-state index contributed by atoms with van der Waals surface area (Å²) in [7, 11) is 0. The van der Waals surface area contributed by atoms with Crippen molar-refractivity contribution in [3.05, 3.63) is 35.0 Å². The van der Waals surface area contributed by atoms with E-state index in [9.17, 15) is 0 Å². The Labute approximate surface area is 113 Å². The number of benzene rings is 1. The molecule has 0 atom stereocenters. The van der Waals surface area contributed by atoms with Crippen molar-refractivity contribution in [2.24, 2.45) is 5.92 Å². The molecule has 0 amide bonds. The third kappa shape index (κ3) is 2.88. The van der Waals surface area contributed by atoms with Gasteiger partial charge in [-0.15, -0.1) is 0 Å². The minimum Gasteiger partial charge on any atom is -0.444 e. The molecule has 1 aromatic heterocycles. The lowest BCUT2D eigenvalue weighted by Gasteiger charge is -2.12. The first kappa shape index (κ1) is 13.4. The molecule has 0 spiro atoms. The summed E-state index contributed by atoms with van der Waals surface area (Å²) in [5.74, 6) is 0.738. The van der Waals surface area contributed by atoms with Gasteiger partial charge in [-0.3, -0.25) is 0 Å². The summed E-state index contributed by atoms with van der Waals surface area (Å²) in [6.07, 6.45) is 2.42. The van der Waals surface area contributed by atoms with Gasteiger partial charge in [0.05, 0.1) is 0 Å². The van der Waals surface area contributed by atoms with Crippen LogP contribution in [-0.2, 0) is 6.54 Å². The third-order valence-corrected chi connectivity index (χ3v) is 3.84. The zero-order valence-electron chi connectivity index (χ0n) is 11.0. The molecule has 0 aliphatic heterocycles. The van der Waals surface area contributed by atoms with Crippen LogP contribution >= 0.6 is 11.6 Å². The molecular weight excluding hydrogens is 246 g/mol. The van der Waals surface area contributed by atoms with Crippen LogP contribution in [0.15, 0.2) is 28.7 Å². The van der Waals surface area contributed by atoms with Crippen LogP contribution < -0.4 is 5.32 Å². The van der Waals surface area contributed by atoms with E-state index in [1.807, 2.05) is 18.2 Å². The van der Waals surface area contributed by atoms with Crippen LogP contribution in [0.1, 0.15) is 32.3 Å². The summed E-state index contributed by atoms with van der Waals surface area (Å²) in [6.45, 7) is 6.27. The molecule has 98 valence electrons. The minimum atomic E-state index is 0.508. The standard InChI is InChI=1S/C15H20ClNO/c1-3-11(4-2)9-17-10-13-12-7-5-6-8-14(12)18-15(13)16/h5-8,11,17H,3-4,9-10H2,1-2H3. The molecule has 0 saturated carbocycles. The number of nitrogens with one attached hydrogen (secondary N) is 1. The molecule has 0 unspecified atom stereocenters. The normalized spacial score (nSPS) is 11.6. The van der Waals surface area contributed by atoms with Crippen LogP contribution in [0, 0.1) is 5.92 Å². The number of furan rings is 1. The fourth-order valence-electron chi connectivity index (χ4n) is 2.21. The molecule has 0 aliphatic rings. The number of halogens is 1. The number of fused-ring (bicyclic) bond motifs is 1. The predicted octanol–water partition coefficient (Wildman–Crippen LogP) is 4.61. The van der Waals surface area contributed by atoms with Crippen LogP contribution in [0.5, 0.6) is 0 Å². The molecule has 18 heavy (non-hydrogen) atoms. The fraction of sp³-hybridized carbons (Fsp3) is 0.467. The monoisotopic (exact) mass is 265 g/mol. The van der Waals surface area contributed by atoms with E-state index in [1.54, 1.807) is 0 Å². The molecule has 0 bridgehead atoms. The van der Waals surface area contributed by atoms with Gasteiger partial charge in [-0.1, -0.05) is 44.9 Å². The molecule has 1 N–H and O–H groups in total. The highest BCUT2D eigenvalue weighted by Crippen LogP contribution is 2.29. The van der Waals surface area contributed by atoms with Crippen molar-refractivity contribution in [1.82, 2.24) is 5.32 Å². The van der Waals surface area contributed by atoms with Gasteiger partial charge >= 0.3 is 0 Å². The maximum Gasteiger partial charge on any atom is 0.199 e. The Morgan fingerprint density at radius 2 is 1.94 bits per heavy atom. The van der Waals surface area contributed by atoms with Gasteiger partial charge in [-0.25, -0.2) is 0 Å². The van der Waals surface area contributed by atoms with Gasteiger partial charge in [-0.2, -0.15) is 0 Å². The molecule has 0 fully saturated rings. The molecule has 0 radical (unpaired) electrons. The van der Waals surface area contributed by atoms with E-state index in [0.29, 0.717) is 5.22 Å². The van der Waals surface area contributed by atoms with Crippen LogP contribution in [0.4, 0.5) is 0 Å². The van der Waals surface area contributed by atoms with E-state index < -0.39 is 0 Å². The Morgan fingerprint density at radius 3 is 2.67 bits per heavy atom. The van der Waals surface area contributed by atoms with Gasteiger partial charge in [0.2, 0.25) is 0 Å². The van der Waals surface area contributed by atoms with Crippen molar-refractivity contribution >= 4 is 22.6 Å². The van der Waals surface area contributed by atoms with E-state index in [1.165, 1.54) is 12.8 Å². The second kappa shape index (κ2) is 6.26. The summed E-state index contributed by atoms with van der Waals surface area (Å²) in [4.78, 5) is 0. The van der Waals surface area contributed by atoms with Gasteiger partial charge in [0.1, 0.15) is 5.58 Å². The Kier molecular flexibility index (Phi) is 4.67. The summed E-state index contributed by atoms with van der Waals surface area (Å²) >= 11 is 6.14. The summed E-state index contributed by atoms with van der Waals surface area (Å²) in [5, 5.41) is 5.10. The summed E-state index contributed by atoms with van der Waals surface area (Å²) < 4.78 is 5.53. The largest absolute Gasteiger partial charge is 0.444 e. The number of rotatable bonds is 6. The maximum absolute atomic E-state index is 6.14. The molecule has 2 nitrogen and oxygen atoms in total. The predicted molar refractivity (Wildman–Crippen MR) is 77.0 cm³/mol. The van der Waals surface area contributed by atoms with Crippen LogP contribution in [0.3, 0.4) is 0 Å². The van der Waals surface area contributed by atoms with E-state index >= 15 is 0 Å². The SMILES string of the molecule is CCC(CC)CNCc1c(Cl)oc2ccccc12. The summed E-state index contributed by atoms with van der Waals surface area (Å²) in [5.41, 5.74) is 1.93. The Morgan fingerprint density at radius 1 is 1.22 bits per heavy atom. The van der Waals surface area contributed by atoms with Gasteiger partial charge in [0.25, 0.3) is 0 Å². The first-order valence-corrected chi connectivity index (χ1v) is 7.00.